The molecule has 1 saturated heterocycles. The molecule has 6 nitrogen and oxygen atoms in total. The number of methoxy groups -OCH3 is 1. The normalized spacial score (nSPS) is 21.0. The molecule has 1 amide bonds. The summed E-state index contributed by atoms with van der Waals surface area (Å²) in [6.45, 7) is 3.75. The standard InChI is InChI=1S/C23H26Cl2N4O2.ClH/c1-15-21(23(30)27-28-12-4-3-5-13-28)26-29(20-11-8-17(24)14-19(20)25)22(15)16-6-9-18(31-2)10-7-16;/h6-11,14-15,22H,3-5,12-13H2,1-2H3,(H,27,30);1H. The molecule has 0 spiro atoms. The molecule has 2 atom stereocenters. The second-order valence-corrected chi connectivity index (χ2v) is 8.76. The molecular formula is C23H27Cl3N4O2. The molecule has 4 rings (SSSR count). The Morgan fingerprint density at radius 2 is 1.78 bits per heavy atom. The first-order valence-corrected chi connectivity index (χ1v) is 11.3. The van der Waals surface area contributed by atoms with Gasteiger partial charge in [-0.25, -0.2) is 5.01 Å². The number of nitrogens with zero attached hydrogens (tertiary/aromatic N) is 3. The molecule has 2 aliphatic rings. The lowest BCUT2D eigenvalue weighted by atomic mass is 9.91. The highest BCUT2D eigenvalue weighted by Gasteiger charge is 2.40. The molecule has 9 heteroatoms. The number of amides is 1. The van der Waals surface area contributed by atoms with Gasteiger partial charge in [0.2, 0.25) is 0 Å². The second kappa shape index (κ2) is 10.8. The van der Waals surface area contributed by atoms with Gasteiger partial charge in [0.05, 0.1) is 23.9 Å². The van der Waals surface area contributed by atoms with Crippen LogP contribution < -0.4 is 15.2 Å². The molecule has 32 heavy (non-hydrogen) atoms. The van der Waals surface area contributed by atoms with Crippen LogP contribution in [0.15, 0.2) is 47.6 Å². The molecule has 0 aromatic heterocycles. The van der Waals surface area contributed by atoms with E-state index in [4.69, 9.17) is 33.0 Å². The van der Waals surface area contributed by atoms with Crippen LogP contribution >= 0.6 is 35.6 Å². The van der Waals surface area contributed by atoms with Crippen LogP contribution in [0.1, 0.15) is 37.8 Å². The summed E-state index contributed by atoms with van der Waals surface area (Å²) >= 11 is 12.6. The summed E-state index contributed by atoms with van der Waals surface area (Å²) in [5.41, 5.74) is 5.25. The number of carbonyl (C=O) groups excluding carboxylic acids is 1. The minimum Gasteiger partial charge on any atom is -0.497 e. The van der Waals surface area contributed by atoms with Gasteiger partial charge in [-0.05, 0) is 48.7 Å². The van der Waals surface area contributed by atoms with Crippen molar-refractivity contribution in [1.82, 2.24) is 10.4 Å². The van der Waals surface area contributed by atoms with E-state index in [2.05, 4.69) is 5.43 Å². The maximum absolute atomic E-state index is 13.1. The number of hydrazine groups is 1. The third-order valence-corrected chi connectivity index (χ3v) is 6.38. The van der Waals surface area contributed by atoms with Crippen LogP contribution in [-0.4, -0.2) is 36.8 Å². The fourth-order valence-corrected chi connectivity index (χ4v) is 4.69. The highest BCUT2D eigenvalue weighted by atomic mass is 35.5. The van der Waals surface area contributed by atoms with Crippen molar-refractivity contribution in [2.75, 3.05) is 25.2 Å². The predicted molar refractivity (Wildman–Crippen MR) is 132 cm³/mol. The predicted octanol–water partition coefficient (Wildman–Crippen LogP) is 5.49. The van der Waals surface area contributed by atoms with Crippen LogP contribution in [0.25, 0.3) is 0 Å². The fourth-order valence-electron chi connectivity index (χ4n) is 4.19. The summed E-state index contributed by atoms with van der Waals surface area (Å²) in [6.07, 6.45) is 3.37. The Morgan fingerprint density at radius 3 is 2.41 bits per heavy atom. The van der Waals surface area contributed by atoms with Gasteiger partial charge >= 0.3 is 0 Å². The number of ether oxygens (including phenoxy) is 1. The topological polar surface area (TPSA) is 57.2 Å². The van der Waals surface area contributed by atoms with E-state index in [1.807, 2.05) is 47.3 Å². The Kier molecular flexibility index (Phi) is 8.28. The summed E-state index contributed by atoms with van der Waals surface area (Å²) in [6, 6.07) is 12.9. The molecular weight excluding hydrogens is 471 g/mol. The lowest BCUT2D eigenvalue weighted by Crippen LogP contribution is -2.48. The van der Waals surface area contributed by atoms with E-state index >= 15 is 0 Å². The number of anilines is 1. The van der Waals surface area contributed by atoms with Crippen molar-refractivity contribution >= 4 is 52.9 Å². The Labute approximate surface area is 204 Å². The van der Waals surface area contributed by atoms with Gasteiger partial charge in [0.25, 0.3) is 5.91 Å². The van der Waals surface area contributed by atoms with E-state index in [0.717, 1.165) is 37.2 Å². The van der Waals surface area contributed by atoms with Crippen molar-refractivity contribution in [3.05, 3.63) is 58.1 Å². The number of hydrogen-bond donors (Lipinski definition) is 1. The number of carbonyl (C=O) groups is 1. The molecule has 0 saturated carbocycles. The van der Waals surface area contributed by atoms with Crippen molar-refractivity contribution in [3.63, 3.8) is 0 Å². The van der Waals surface area contributed by atoms with E-state index < -0.39 is 0 Å². The molecule has 172 valence electrons. The van der Waals surface area contributed by atoms with Crippen molar-refractivity contribution in [2.45, 2.75) is 32.2 Å². The molecule has 1 N–H and O–H groups in total. The molecule has 0 aliphatic carbocycles. The lowest BCUT2D eigenvalue weighted by Gasteiger charge is -2.28. The van der Waals surface area contributed by atoms with Gasteiger partial charge in [0, 0.05) is 24.0 Å². The van der Waals surface area contributed by atoms with Crippen LogP contribution in [0.5, 0.6) is 5.75 Å². The van der Waals surface area contributed by atoms with Gasteiger partial charge in [0.15, 0.2) is 0 Å². The Bertz CT molecular complexity index is 978. The zero-order valence-corrected chi connectivity index (χ0v) is 20.4. The molecule has 2 aromatic rings. The van der Waals surface area contributed by atoms with Crippen molar-refractivity contribution < 1.29 is 9.53 Å². The van der Waals surface area contributed by atoms with E-state index in [1.54, 1.807) is 19.2 Å². The number of hydrogen-bond acceptors (Lipinski definition) is 5. The van der Waals surface area contributed by atoms with Crippen LogP contribution in [-0.2, 0) is 4.79 Å². The third kappa shape index (κ3) is 5.15. The SMILES string of the molecule is COc1ccc(C2C(C)C(C(=O)NN3CCCCC3)=NN2c2ccc(Cl)cc2Cl)cc1.Cl. The number of halogens is 3. The summed E-state index contributed by atoms with van der Waals surface area (Å²) in [7, 11) is 1.64. The van der Waals surface area contributed by atoms with Crippen molar-refractivity contribution in [3.8, 4) is 5.75 Å². The lowest BCUT2D eigenvalue weighted by molar-refractivity contribution is -0.120. The molecule has 1 fully saturated rings. The largest absolute Gasteiger partial charge is 0.497 e. The molecule has 2 heterocycles. The van der Waals surface area contributed by atoms with E-state index in [1.165, 1.54) is 6.42 Å². The molecule has 2 aliphatic heterocycles. The highest BCUT2D eigenvalue weighted by Crippen LogP contribution is 2.42. The summed E-state index contributed by atoms with van der Waals surface area (Å²) in [5.74, 6) is 0.458. The molecule has 2 aromatic carbocycles. The number of rotatable bonds is 5. The smallest absolute Gasteiger partial charge is 0.282 e. The molecule has 0 bridgehead atoms. The van der Waals surface area contributed by atoms with Crippen LogP contribution in [0.4, 0.5) is 5.69 Å². The van der Waals surface area contributed by atoms with E-state index in [0.29, 0.717) is 21.4 Å². The molecule has 0 radical (unpaired) electrons. The molecule has 2 unspecified atom stereocenters. The van der Waals surface area contributed by atoms with Gasteiger partial charge in [0.1, 0.15) is 11.5 Å². The monoisotopic (exact) mass is 496 g/mol. The van der Waals surface area contributed by atoms with Crippen molar-refractivity contribution in [2.24, 2.45) is 11.0 Å². The maximum atomic E-state index is 13.1. The first kappa shape index (κ1) is 24.6. The fraction of sp³-hybridized carbons (Fsp3) is 0.391. The van der Waals surface area contributed by atoms with Crippen LogP contribution in [0.3, 0.4) is 0 Å². The number of hydrazone groups is 1. The maximum Gasteiger partial charge on any atom is 0.282 e. The number of benzene rings is 2. The minimum absolute atomic E-state index is 0. The van der Waals surface area contributed by atoms with E-state index in [9.17, 15) is 4.79 Å². The number of nitrogens with one attached hydrogen (secondary N) is 1. The minimum atomic E-state index is -0.188. The zero-order valence-electron chi connectivity index (χ0n) is 18.1. The number of piperidine rings is 1. The highest BCUT2D eigenvalue weighted by molar-refractivity contribution is 6.41. The third-order valence-electron chi connectivity index (χ3n) is 5.85. The Balaban J connectivity index is 0.00000289. The summed E-state index contributed by atoms with van der Waals surface area (Å²) in [5, 5.41) is 9.60. The zero-order chi connectivity index (χ0) is 22.0. The Hall–Kier alpha value is -1.99. The van der Waals surface area contributed by atoms with Gasteiger partial charge in [-0.2, -0.15) is 5.10 Å². The first-order valence-electron chi connectivity index (χ1n) is 10.5. The second-order valence-electron chi connectivity index (χ2n) is 7.92. The average molecular weight is 498 g/mol. The Morgan fingerprint density at radius 1 is 1.09 bits per heavy atom. The average Bonchev–Trinajstić information content (AvgIpc) is 3.11. The van der Waals surface area contributed by atoms with Gasteiger partial charge in [-0.1, -0.05) is 48.7 Å². The summed E-state index contributed by atoms with van der Waals surface area (Å²) in [4.78, 5) is 13.1. The van der Waals surface area contributed by atoms with Crippen LogP contribution in [0, 0.1) is 5.92 Å². The first-order chi connectivity index (χ1) is 15.0. The van der Waals surface area contributed by atoms with Crippen molar-refractivity contribution in [1.29, 1.82) is 0 Å². The van der Waals surface area contributed by atoms with Gasteiger partial charge in [-0.15, -0.1) is 12.4 Å². The van der Waals surface area contributed by atoms with Gasteiger partial charge < -0.3 is 4.74 Å². The van der Waals surface area contributed by atoms with Gasteiger partial charge in [-0.3, -0.25) is 15.2 Å². The quantitative estimate of drug-likeness (QED) is 0.593. The summed E-state index contributed by atoms with van der Waals surface area (Å²) < 4.78 is 5.30. The van der Waals surface area contributed by atoms with Crippen LogP contribution in [0.2, 0.25) is 10.0 Å². The van der Waals surface area contributed by atoms with E-state index in [-0.39, 0.29) is 30.3 Å².